The highest BCUT2D eigenvalue weighted by molar-refractivity contribution is 6.43. The van der Waals surface area contributed by atoms with Crippen LogP contribution >= 0.6 is 23.2 Å². The van der Waals surface area contributed by atoms with Gasteiger partial charge in [-0.3, -0.25) is 0 Å². The van der Waals surface area contributed by atoms with Crippen molar-refractivity contribution in [2.24, 2.45) is 4.99 Å². The van der Waals surface area contributed by atoms with Crippen LogP contribution in [0, 0.1) is 31.3 Å². The molecule has 0 unspecified atom stereocenters. The average molecular weight is 694 g/mol. The lowest BCUT2D eigenvalue weighted by Gasteiger charge is -2.17. The predicted molar refractivity (Wildman–Crippen MR) is 177 cm³/mol. The molecule has 48 heavy (non-hydrogen) atoms. The van der Waals surface area contributed by atoms with Crippen LogP contribution in [0.3, 0.4) is 0 Å². The van der Waals surface area contributed by atoms with E-state index in [9.17, 15) is 13.2 Å². The molecule has 7 nitrogen and oxygen atoms in total. The number of nitrogens with zero attached hydrogens (tertiary/aromatic N) is 1. The fourth-order valence-electron chi connectivity index (χ4n) is 4.71. The van der Waals surface area contributed by atoms with Gasteiger partial charge in [0.1, 0.15) is 67.6 Å². The van der Waals surface area contributed by atoms with Gasteiger partial charge < -0.3 is 28.7 Å². The van der Waals surface area contributed by atoms with Gasteiger partial charge in [0, 0.05) is 0 Å². The second-order valence-electron chi connectivity index (χ2n) is 10.5. The second-order valence-corrected chi connectivity index (χ2v) is 11.2. The summed E-state index contributed by atoms with van der Waals surface area (Å²) in [6, 6.07) is 19.6. The molecule has 2 heterocycles. The molecule has 0 bridgehead atoms. The van der Waals surface area contributed by atoms with Crippen LogP contribution in [0.1, 0.15) is 16.8 Å². The number of halogens is 5. The van der Waals surface area contributed by atoms with E-state index in [2.05, 4.69) is 9.98 Å². The molecule has 0 aliphatic carbocycles. The van der Waals surface area contributed by atoms with Crippen LogP contribution in [0.15, 0.2) is 107 Å². The van der Waals surface area contributed by atoms with Gasteiger partial charge in [0.15, 0.2) is 11.5 Å². The number of aromatic nitrogens is 1. The Bertz CT molecular complexity index is 2050. The van der Waals surface area contributed by atoms with Crippen molar-refractivity contribution >= 4 is 34.9 Å². The van der Waals surface area contributed by atoms with Crippen molar-refractivity contribution in [2.45, 2.75) is 13.8 Å². The number of ether oxygens (including phenoxy) is 5. The molecule has 1 aliphatic rings. The van der Waals surface area contributed by atoms with E-state index in [1.807, 2.05) is 13.8 Å². The van der Waals surface area contributed by atoms with Crippen molar-refractivity contribution in [3.63, 3.8) is 0 Å². The molecule has 1 aromatic heterocycles. The number of hydrogen-bond donors (Lipinski definition) is 1. The van der Waals surface area contributed by atoms with E-state index in [0.717, 1.165) is 11.1 Å². The first-order valence-corrected chi connectivity index (χ1v) is 15.1. The van der Waals surface area contributed by atoms with Crippen molar-refractivity contribution in [1.82, 2.24) is 4.98 Å². The Morgan fingerprint density at radius 1 is 0.667 bits per heavy atom. The van der Waals surface area contributed by atoms with Crippen LogP contribution in [0.25, 0.3) is 5.76 Å². The molecular formula is C36H25Cl2F3N2O5. The number of H-pyrrole nitrogens is 1. The van der Waals surface area contributed by atoms with Crippen LogP contribution in [-0.4, -0.2) is 18.0 Å². The Labute approximate surface area is 283 Å². The summed E-state index contributed by atoms with van der Waals surface area (Å²) in [5.41, 5.74) is 1.82. The SMILES string of the molecule is COc1cc(C)c(O/C(=C2\C=C(Cl)C(Oc3ccc(F)cc3)=N2)c2[nH]c(Oc3ccc(F)cc3)c(Cl)c2Oc2ccc(F)cc2)c(C)c1. The summed E-state index contributed by atoms with van der Waals surface area (Å²) >= 11 is 13.5. The van der Waals surface area contributed by atoms with Crippen LogP contribution in [-0.2, 0) is 0 Å². The quantitative estimate of drug-likeness (QED) is 0.156. The first-order valence-electron chi connectivity index (χ1n) is 14.3. The lowest BCUT2D eigenvalue weighted by molar-refractivity contribution is 0.412. The van der Waals surface area contributed by atoms with E-state index in [0.29, 0.717) is 17.2 Å². The minimum absolute atomic E-state index is 0.0108. The standard InChI is InChI=1S/C36H25Cl2F3N2O5/c1-19-16-27(44-3)17-20(2)32(19)48-33(29-18-28(37)35(42-29)46-25-12-6-22(40)7-13-25)31-34(45-24-10-4-21(39)5-11-24)30(38)36(43-31)47-26-14-8-23(41)9-15-26/h4-18,43H,1-3H3/b33-29+. The largest absolute Gasteiger partial charge is 0.497 e. The first kappa shape index (κ1) is 32.6. The molecule has 0 amide bonds. The van der Waals surface area contributed by atoms with Gasteiger partial charge in [0.25, 0.3) is 0 Å². The summed E-state index contributed by atoms with van der Waals surface area (Å²) in [4.78, 5) is 7.71. The van der Waals surface area contributed by atoms with Gasteiger partial charge in [-0.25, -0.2) is 18.2 Å². The molecule has 0 saturated carbocycles. The Morgan fingerprint density at radius 3 is 1.69 bits per heavy atom. The maximum Gasteiger partial charge on any atom is 0.238 e. The van der Waals surface area contributed by atoms with E-state index in [4.69, 9.17) is 46.9 Å². The maximum atomic E-state index is 13.8. The fraction of sp³-hybridized carbons (Fsp3) is 0.0833. The van der Waals surface area contributed by atoms with Crippen LogP contribution < -0.4 is 23.7 Å². The number of nitrogens with one attached hydrogen (secondary N) is 1. The Hall–Kier alpha value is -5.32. The highest BCUT2D eigenvalue weighted by atomic mass is 35.5. The number of benzene rings is 4. The van der Waals surface area contributed by atoms with Crippen LogP contribution in [0.2, 0.25) is 5.02 Å². The number of hydrogen-bond acceptors (Lipinski definition) is 6. The summed E-state index contributed by atoms with van der Waals surface area (Å²) in [6.07, 6.45) is 1.51. The normalized spacial score (nSPS) is 13.5. The zero-order valence-corrected chi connectivity index (χ0v) is 27.1. The van der Waals surface area contributed by atoms with Crippen molar-refractivity contribution in [3.05, 3.63) is 141 Å². The summed E-state index contributed by atoms with van der Waals surface area (Å²) in [5.74, 6) is 0.734. The van der Waals surface area contributed by atoms with Crippen LogP contribution in [0.5, 0.6) is 40.4 Å². The summed E-state index contributed by atoms with van der Waals surface area (Å²) < 4.78 is 71.0. The summed E-state index contributed by atoms with van der Waals surface area (Å²) in [6.45, 7) is 3.69. The summed E-state index contributed by atoms with van der Waals surface area (Å²) in [7, 11) is 1.56. The van der Waals surface area contributed by atoms with E-state index in [-0.39, 0.29) is 56.2 Å². The molecule has 1 aliphatic heterocycles. The third-order valence-corrected chi connectivity index (χ3v) is 7.60. The van der Waals surface area contributed by atoms with Crippen molar-refractivity contribution in [1.29, 1.82) is 0 Å². The molecule has 4 aromatic carbocycles. The third kappa shape index (κ3) is 7.15. The third-order valence-electron chi connectivity index (χ3n) is 6.98. The van der Waals surface area contributed by atoms with Crippen LogP contribution in [0.4, 0.5) is 13.2 Å². The lowest BCUT2D eigenvalue weighted by Crippen LogP contribution is -2.06. The summed E-state index contributed by atoms with van der Waals surface area (Å²) in [5, 5.41) is 0.114. The van der Waals surface area contributed by atoms with E-state index in [1.54, 1.807) is 19.2 Å². The van der Waals surface area contributed by atoms with Gasteiger partial charge in [-0.2, -0.15) is 0 Å². The minimum atomic E-state index is -0.464. The highest BCUT2D eigenvalue weighted by Gasteiger charge is 2.30. The number of aliphatic imine (C=N–C) groups is 1. The Kier molecular flexibility index (Phi) is 9.38. The number of rotatable bonds is 9. The molecule has 0 radical (unpaired) electrons. The minimum Gasteiger partial charge on any atom is -0.497 e. The first-order chi connectivity index (χ1) is 23.1. The predicted octanol–water partition coefficient (Wildman–Crippen LogP) is 10.7. The van der Waals surface area contributed by atoms with Gasteiger partial charge >= 0.3 is 0 Å². The molecular weight excluding hydrogens is 668 g/mol. The fourth-order valence-corrected chi connectivity index (χ4v) is 5.11. The molecule has 0 atom stereocenters. The zero-order valence-electron chi connectivity index (χ0n) is 25.5. The van der Waals surface area contributed by atoms with Crippen molar-refractivity contribution in [2.75, 3.05) is 7.11 Å². The van der Waals surface area contributed by atoms with Gasteiger partial charge in [-0.1, -0.05) is 23.2 Å². The Morgan fingerprint density at radius 2 is 1.17 bits per heavy atom. The molecule has 0 spiro atoms. The molecule has 0 saturated heterocycles. The molecule has 6 rings (SSSR count). The maximum absolute atomic E-state index is 13.8. The van der Waals surface area contributed by atoms with Crippen molar-refractivity contribution in [3.8, 4) is 40.4 Å². The molecule has 1 N–H and O–H groups in total. The van der Waals surface area contributed by atoms with Gasteiger partial charge in [-0.05, 0) is 116 Å². The Balaban J connectivity index is 1.53. The number of aryl methyl sites for hydroxylation is 2. The zero-order chi connectivity index (χ0) is 33.9. The van der Waals surface area contributed by atoms with Crippen molar-refractivity contribution < 1.29 is 36.9 Å². The topological polar surface area (TPSA) is 74.3 Å². The molecule has 5 aromatic rings. The lowest BCUT2D eigenvalue weighted by atomic mass is 10.1. The number of allylic oxidation sites excluding steroid dienone is 1. The van der Waals surface area contributed by atoms with Gasteiger partial charge in [0.05, 0.1) is 7.11 Å². The van der Waals surface area contributed by atoms with Gasteiger partial charge in [-0.15, -0.1) is 0 Å². The smallest absolute Gasteiger partial charge is 0.238 e. The second kappa shape index (κ2) is 13.8. The molecule has 244 valence electrons. The monoisotopic (exact) mass is 692 g/mol. The van der Waals surface area contributed by atoms with E-state index >= 15 is 0 Å². The highest BCUT2D eigenvalue weighted by Crippen LogP contribution is 2.47. The number of aromatic amines is 1. The molecule has 12 heteroatoms. The van der Waals surface area contributed by atoms with Gasteiger partial charge in [0.2, 0.25) is 11.8 Å². The van der Waals surface area contributed by atoms with E-state index in [1.165, 1.54) is 78.9 Å². The van der Waals surface area contributed by atoms with E-state index < -0.39 is 17.5 Å². The molecule has 0 fully saturated rings. The average Bonchev–Trinajstić information content (AvgIpc) is 3.57. The number of methoxy groups -OCH3 is 1.